The van der Waals surface area contributed by atoms with Gasteiger partial charge in [0.15, 0.2) is 0 Å². The highest BCUT2D eigenvalue weighted by Crippen LogP contribution is 2.12. The van der Waals surface area contributed by atoms with Crippen molar-refractivity contribution in [2.24, 2.45) is 0 Å². The Hall–Kier alpha value is -1.95. The lowest BCUT2D eigenvalue weighted by atomic mass is 10.3. The summed E-state index contributed by atoms with van der Waals surface area (Å²) in [6.45, 7) is 0.499. The molecule has 0 saturated carbocycles. The minimum atomic E-state index is 0.499. The van der Waals surface area contributed by atoms with Crippen molar-refractivity contribution in [3.8, 4) is 12.3 Å². The van der Waals surface area contributed by atoms with E-state index in [1.165, 1.54) is 0 Å². The van der Waals surface area contributed by atoms with Gasteiger partial charge in [0.05, 0.1) is 6.54 Å². The van der Waals surface area contributed by atoms with E-state index in [0.717, 1.165) is 16.9 Å². The second kappa shape index (κ2) is 3.20. The van der Waals surface area contributed by atoms with Gasteiger partial charge in [-0.25, -0.2) is 4.98 Å². The molecule has 0 amide bonds. The summed E-state index contributed by atoms with van der Waals surface area (Å²) in [6, 6.07) is 5.89. The lowest BCUT2D eigenvalue weighted by Gasteiger charge is -1.99. The molecule has 0 atom stereocenters. The molecule has 0 unspecified atom stereocenters. The molecule has 0 spiro atoms. The molecular formula is C10H9N3. The van der Waals surface area contributed by atoms with Gasteiger partial charge in [-0.05, 0) is 18.2 Å². The Morgan fingerprint density at radius 1 is 1.46 bits per heavy atom. The van der Waals surface area contributed by atoms with Crippen LogP contribution in [0.5, 0.6) is 0 Å². The molecule has 2 heterocycles. The number of hydrogen-bond acceptors (Lipinski definition) is 2. The van der Waals surface area contributed by atoms with E-state index in [1.54, 1.807) is 0 Å². The van der Waals surface area contributed by atoms with Crippen LogP contribution in [0.15, 0.2) is 24.4 Å². The number of anilines is 1. The predicted molar refractivity (Wildman–Crippen MR) is 53.4 cm³/mol. The van der Waals surface area contributed by atoms with Crippen LogP contribution in [0.25, 0.3) is 11.0 Å². The van der Waals surface area contributed by atoms with E-state index in [-0.39, 0.29) is 0 Å². The Bertz CT molecular complexity index is 450. The minimum absolute atomic E-state index is 0.499. The summed E-state index contributed by atoms with van der Waals surface area (Å²) < 4.78 is 0. The smallest absolute Gasteiger partial charge is 0.139 e. The lowest BCUT2D eigenvalue weighted by Crippen LogP contribution is -2.00. The van der Waals surface area contributed by atoms with Crippen LogP contribution >= 0.6 is 0 Å². The van der Waals surface area contributed by atoms with E-state index in [4.69, 9.17) is 6.42 Å². The maximum absolute atomic E-state index is 5.12. The fourth-order valence-corrected chi connectivity index (χ4v) is 1.17. The summed E-state index contributed by atoms with van der Waals surface area (Å²) in [5.41, 5.74) is 0.877. The van der Waals surface area contributed by atoms with Gasteiger partial charge in [0, 0.05) is 11.6 Å². The molecule has 2 rings (SSSR count). The van der Waals surface area contributed by atoms with Gasteiger partial charge in [-0.1, -0.05) is 5.92 Å². The average molecular weight is 171 g/mol. The quantitative estimate of drug-likeness (QED) is 0.674. The highest BCUT2D eigenvalue weighted by atomic mass is 15.0. The maximum atomic E-state index is 5.12. The largest absolute Gasteiger partial charge is 0.359 e. The van der Waals surface area contributed by atoms with Crippen molar-refractivity contribution in [2.75, 3.05) is 11.9 Å². The first-order chi connectivity index (χ1) is 6.40. The molecule has 64 valence electrons. The topological polar surface area (TPSA) is 40.7 Å². The second-order valence-electron chi connectivity index (χ2n) is 2.67. The molecule has 0 aliphatic carbocycles. The highest BCUT2D eigenvalue weighted by molar-refractivity contribution is 5.77. The zero-order valence-corrected chi connectivity index (χ0v) is 7.04. The molecule has 3 heteroatoms. The van der Waals surface area contributed by atoms with Crippen LogP contribution in [0.1, 0.15) is 0 Å². The van der Waals surface area contributed by atoms with Crippen LogP contribution in [0.3, 0.4) is 0 Å². The number of aromatic amines is 1. The number of fused-ring (bicyclic) bond motifs is 1. The Labute approximate surface area is 76.2 Å². The fourth-order valence-electron chi connectivity index (χ4n) is 1.17. The highest BCUT2D eigenvalue weighted by Gasteiger charge is 1.96. The van der Waals surface area contributed by atoms with E-state index >= 15 is 0 Å². The monoisotopic (exact) mass is 171 g/mol. The van der Waals surface area contributed by atoms with E-state index < -0.39 is 0 Å². The van der Waals surface area contributed by atoms with Crippen molar-refractivity contribution in [3.05, 3.63) is 24.4 Å². The van der Waals surface area contributed by atoms with Crippen molar-refractivity contribution in [1.82, 2.24) is 9.97 Å². The second-order valence-corrected chi connectivity index (χ2v) is 2.67. The zero-order chi connectivity index (χ0) is 9.10. The van der Waals surface area contributed by atoms with Gasteiger partial charge < -0.3 is 10.3 Å². The van der Waals surface area contributed by atoms with Gasteiger partial charge in [-0.2, -0.15) is 0 Å². The van der Waals surface area contributed by atoms with Gasteiger partial charge in [0.25, 0.3) is 0 Å². The molecule has 13 heavy (non-hydrogen) atoms. The molecule has 0 saturated heterocycles. The van der Waals surface area contributed by atoms with E-state index in [1.807, 2.05) is 24.4 Å². The molecule has 2 aromatic heterocycles. The van der Waals surface area contributed by atoms with E-state index in [9.17, 15) is 0 Å². The summed E-state index contributed by atoms with van der Waals surface area (Å²) in [6.07, 6.45) is 6.98. The van der Waals surface area contributed by atoms with Gasteiger partial charge in [-0.3, -0.25) is 0 Å². The zero-order valence-electron chi connectivity index (χ0n) is 7.04. The SMILES string of the molecule is C#CCNc1ccc2cc[nH]c2n1. The van der Waals surface area contributed by atoms with Crippen LogP contribution in [0.4, 0.5) is 5.82 Å². The molecule has 2 aromatic rings. The molecule has 0 bridgehead atoms. The van der Waals surface area contributed by atoms with E-state index in [2.05, 4.69) is 21.2 Å². The van der Waals surface area contributed by atoms with Crippen LogP contribution in [0.2, 0.25) is 0 Å². The van der Waals surface area contributed by atoms with Crippen LogP contribution in [-0.4, -0.2) is 16.5 Å². The van der Waals surface area contributed by atoms with E-state index in [0.29, 0.717) is 6.54 Å². The van der Waals surface area contributed by atoms with Gasteiger partial charge in [0.2, 0.25) is 0 Å². The molecule has 0 radical (unpaired) electrons. The third kappa shape index (κ3) is 1.47. The number of aromatic nitrogens is 2. The Kier molecular flexibility index (Phi) is 1.89. The molecule has 2 N–H and O–H groups in total. The van der Waals surface area contributed by atoms with Gasteiger partial charge >= 0.3 is 0 Å². The summed E-state index contributed by atoms with van der Waals surface area (Å²) in [5, 5.41) is 4.11. The van der Waals surface area contributed by atoms with Crippen LogP contribution in [-0.2, 0) is 0 Å². The normalized spacial score (nSPS) is 9.77. The number of hydrogen-bond donors (Lipinski definition) is 2. The molecule has 3 nitrogen and oxygen atoms in total. The lowest BCUT2D eigenvalue weighted by molar-refractivity contribution is 1.26. The first-order valence-corrected chi connectivity index (χ1v) is 4.01. The Morgan fingerprint density at radius 3 is 3.23 bits per heavy atom. The third-order valence-electron chi connectivity index (χ3n) is 1.78. The van der Waals surface area contributed by atoms with Crippen molar-refractivity contribution in [2.45, 2.75) is 0 Å². The Balaban J connectivity index is 2.33. The standard InChI is InChI=1S/C10H9N3/c1-2-6-11-9-4-3-8-5-7-12-10(8)13-9/h1,3-5,7H,6H2,(H2,11,12,13). The minimum Gasteiger partial charge on any atom is -0.359 e. The first kappa shape index (κ1) is 7.69. The predicted octanol–water partition coefficient (Wildman–Crippen LogP) is 1.61. The van der Waals surface area contributed by atoms with Crippen LogP contribution in [0, 0.1) is 12.3 Å². The number of nitrogens with zero attached hydrogens (tertiary/aromatic N) is 1. The summed E-state index contributed by atoms with van der Waals surface area (Å²) in [7, 11) is 0. The number of nitrogens with one attached hydrogen (secondary N) is 2. The first-order valence-electron chi connectivity index (χ1n) is 4.01. The van der Waals surface area contributed by atoms with Crippen molar-refractivity contribution in [1.29, 1.82) is 0 Å². The van der Waals surface area contributed by atoms with Crippen LogP contribution < -0.4 is 5.32 Å². The van der Waals surface area contributed by atoms with Crippen molar-refractivity contribution < 1.29 is 0 Å². The summed E-state index contributed by atoms with van der Waals surface area (Å²) in [5.74, 6) is 3.30. The molecule has 0 aliphatic heterocycles. The summed E-state index contributed by atoms with van der Waals surface area (Å²) >= 11 is 0. The number of rotatable bonds is 2. The Morgan fingerprint density at radius 2 is 2.38 bits per heavy atom. The third-order valence-corrected chi connectivity index (χ3v) is 1.78. The molecule has 0 aliphatic rings. The van der Waals surface area contributed by atoms with Crippen molar-refractivity contribution in [3.63, 3.8) is 0 Å². The van der Waals surface area contributed by atoms with Gasteiger partial charge in [-0.15, -0.1) is 6.42 Å². The molecular weight excluding hydrogens is 162 g/mol. The number of terminal acetylenes is 1. The maximum Gasteiger partial charge on any atom is 0.139 e. The average Bonchev–Trinajstić information content (AvgIpc) is 2.61. The fraction of sp³-hybridized carbons (Fsp3) is 0.100. The molecule has 0 fully saturated rings. The van der Waals surface area contributed by atoms with Crippen molar-refractivity contribution >= 4 is 16.9 Å². The van der Waals surface area contributed by atoms with Gasteiger partial charge in [0.1, 0.15) is 11.5 Å². The summed E-state index contributed by atoms with van der Waals surface area (Å²) in [4.78, 5) is 7.34. The number of H-pyrrole nitrogens is 1. The number of pyridine rings is 1. The molecule has 0 aromatic carbocycles.